The van der Waals surface area contributed by atoms with E-state index in [4.69, 9.17) is 13.9 Å². The van der Waals surface area contributed by atoms with Crippen LogP contribution in [0.2, 0.25) is 0 Å². The predicted molar refractivity (Wildman–Crippen MR) is 106 cm³/mol. The summed E-state index contributed by atoms with van der Waals surface area (Å²) in [6, 6.07) is 7.35. The first-order valence-electron chi connectivity index (χ1n) is 9.32. The van der Waals surface area contributed by atoms with Crippen molar-refractivity contribution in [1.82, 2.24) is 9.99 Å². The van der Waals surface area contributed by atoms with Crippen LogP contribution in [-0.2, 0) is 0 Å². The van der Waals surface area contributed by atoms with Gasteiger partial charge in [-0.1, -0.05) is 0 Å². The fourth-order valence-electron chi connectivity index (χ4n) is 4.06. The Morgan fingerprint density at radius 2 is 2.14 bits per heavy atom. The minimum Gasteiger partial charge on any atom is -0.467 e. The van der Waals surface area contributed by atoms with Crippen LogP contribution in [0.15, 0.2) is 61.8 Å². The zero-order valence-corrected chi connectivity index (χ0v) is 16.2. The van der Waals surface area contributed by atoms with Crippen molar-refractivity contribution in [1.29, 1.82) is 0 Å². The highest BCUT2D eigenvalue weighted by molar-refractivity contribution is 7.11. The molecular formula is C21H19N3O3S. The summed E-state index contributed by atoms with van der Waals surface area (Å²) in [5.41, 5.74) is 4.51. The molecule has 3 aromatic rings. The number of aryl methyl sites for hydroxylation is 1. The van der Waals surface area contributed by atoms with Gasteiger partial charge in [-0.3, -0.25) is 4.79 Å². The lowest BCUT2D eigenvalue weighted by Crippen LogP contribution is -2.31. The third-order valence-electron chi connectivity index (χ3n) is 5.34. The van der Waals surface area contributed by atoms with Crippen molar-refractivity contribution in [2.45, 2.75) is 32.2 Å². The van der Waals surface area contributed by atoms with Crippen LogP contribution in [0.25, 0.3) is 6.08 Å². The number of aromatic nitrogens is 1. The van der Waals surface area contributed by atoms with Crippen molar-refractivity contribution in [3.05, 3.63) is 70.0 Å². The molecule has 6 nitrogen and oxygen atoms in total. The van der Waals surface area contributed by atoms with E-state index in [1.807, 2.05) is 37.3 Å². The summed E-state index contributed by atoms with van der Waals surface area (Å²) in [5, 5.41) is 6.41. The first kappa shape index (κ1) is 17.2. The zero-order chi connectivity index (χ0) is 19.1. The van der Waals surface area contributed by atoms with Crippen LogP contribution in [0, 0.1) is 12.8 Å². The van der Waals surface area contributed by atoms with Crippen molar-refractivity contribution in [2.24, 2.45) is 11.0 Å². The van der Waals surface area contributed by atoms with E-state index < -0.39 is 0 Å². The highest BCUT2D eigenvalue weighted by atomic mass is 32.1. The third kappa shape index (κ3) is 2.82. The summed E-state index contributed by atoms with van der Waals surface area (Å²) in [4.78, 5) is 18.2. The second-order valence-electron chi connectivity index (χ2n) is 7.05. The van der Waals surface area contributed by atoms with E-state index in [1.165, 1.54) is 11.3 Å². The minimum atomic E-state index is -0.237. The number of nitrogens with zero attached hydrogens (tertiary/aromatic N) is 3. The number of carbonyl (C=O) groups excluding carboxylic acids is 1. The highest BCUT2D eigenvalue weighted by Crippen LogP contribution is 2.45. The van der Waals surface area contributed by atoms with Crippen molar-refractivity contribution in [3.63, 3.8) is 0 Å². The average Bonchev–Trinajstić information content (AvgIpc) is 3.48. The third-order valence-corrected chi connectivity index (χ3v) is 6.26. The number of allylic oxidation sites excluding steroid dienone is 1. The molecule has 1 amide bonds. The van der Waals surface area contributed by atoms with Crippen molar-refractivity contribution >= 4 is 29.0 Å². The van der Waals surface area contributed by atoms with Gasteiger partial charge in [0.15, 0.2) is 0 Å². The summed E-state index contributed by atoms with van der Waals surface area (Å²) in [5.74, 6) is 1.55. The Morgan fingerprint density at radius 3 is 2.86 bits per heavy atom. The Morgan fingerprint density at radius 1 is 1.29 bits per heavy atom. The monoisotopic (exact) mass is 393 g/mol. The molecule has 7 heteroatoms. The summed E-state index contributed by atoms with van der Waals surface area (Å²) in [7, 11) is 0. The van der Waals surface area contributed by atoms with E-state index in [0.717, 1.165) is 47.8 Å². The predicted octanol–water partition coefficient (Wildman–Crippen LogP) is 5.07. The topological polar surface area (TPSA) is 71.8 Å². The Balaban J connectivity index is 1.58. The van der Waals surface area contributed by atoms with Crippen LogP contribution < -0.4 is 0 Å². The molecule has 1 fully saturated rings. The molecular weight excluding hydrogens is 374 g/mol. The van der Waals surface area contributed by atoms with E-state index in [1.54, 1.807) is 23.0 Å². The highest BCUT2D eigenvalue weighted by Gasteiger charge is 2.45. The van der Waals surface area contributed by atoms with E-state index in [-0.39, 0.29) is 17.9 Å². The number of hydrogen-bond donors (Lipinski definition) is 0. The molecule has 0 aromatic carbocycles. The smallest absolute Gasteiger partial charge is 0.286 e. The Bertz CT molecular complexity index is 1050. The number of amides is 1. The number of furan rings is 2. The van der Waals surface area contributed by atoms with Gasteiger partial charge in [-0.15, -0.1) is 11.3 Å². The van der Waals surface area contributed by atoms with E-state index in [0.29, 0.717) is 4.88 Å². The van der Waals surface area contributed by atoms with Crippen LogP contribution in [0.4, 0.5) is 0 Å². The van der Waals surface area contributed by atoms with Gasteiger partial charge in [0.2, 0.25) is 0 Å². The molecule has 28 heavy (non-hydrogen) atoms. The number of rotatable bonds is 3. The number of hydrogen-bond acceptors (Lipinski definition) is 6. The maximum absolute atomic E-state index is 13.3. The van der Waals surface area contributed by atoms with Gasteiger partial charge < -0.3 is 8.83 Å². The summed E-state index contributed by atoms with van der Waals surface area (Å²) >= 11 is 1.35. The van der Waals surface area contributed by atoms with Crippen molar-refractivity contribution < 1.29 is 13.6 Å². The van der Waals surface area contributed by atoms with Gasteiger partial charge >= 0.3 is 0 Å². The van der Waals surface area contributed by atoms with Crippen molar-refractivity contribution in [2.75, 3.05) is 0 Å². The van der Waals surface area contributed by atoms with Crippen LogP contribution in [-0.4, -0.2) is 21.6 Å². The molecule has 5 rings (SSSR count). The molecule has 2 unspecified atom stereocenters. The fourth-order valence-corrected chi connectivity index (χ4v) is 4.80. The Labute approximate surface area is 166 Å². The molecule has 0 spiro atoms. The summed E-state index contributed by atoms with van der Waals surface area (Å²) < 4.78 is 11.2. The van der Waals surface area contributed by atoms with Crippen LogP contribution in [0.5, 0.6) is 0 Å². The van der Waals surface area contributed by atoms with E-state index in [9.17, 15) is 4.79 Å². The average molecular weight is 393 g/mol. The van der Waals surface area contributed by atoms with Gasteiger partial charge in [0.25, 0.3) is 5.91 Å². The lowest BCUT2D eigenvalue weighted by molar-refractivity contribution is 0.0660. The molecule has 0 radical (unpaired) electrons. The second-order valence-corrected chi connectivity index (χ2v) is 7.90. The van der Waals surface area contributed by atoms with Gasteiger partial charge in [0.1, 0.15) is 22.4 Å². The van der Waals surface area contributed by atoms with Gasteiger partial charge in [-0.05, 0) is 62.1 Å². The standard InChI is InChI=1S/C21H19N3O3S/c1-13-20(28-12-22-13)21(25)24-19(17-8-4-10-27-17)16-7-2-5-14(18(16)23-24)11-15-6-3-9-26-15/h3-4,6,8-12,16,19H,2,5,7H2,1H3. The first-order valence-corrected chi connectivity index (χ1v) is 10.2. The van der Waals surface area contributed by atoms with Gasteiger partial charge in [-0.2, -0.15) is 5.10 Å². The number of thiazole rings is 1. The molecule has 142 valence electrons. The molecule has 1 aliphatic heterocycles. The van der Waals surface area contributed by atoms with Crippen molar-refractivity contribution in [3.8, 4) is 0 Å². The SMILES string of the molecule is Cc1ncsc1C(=O)N1N=C2C(=Cc3ccco3)CCCC2C1c1ccco1. The normalized spacial score (nSPS) is 23.1. The maximum atomic E-state index is 13.3. The number of carbonyl (C=O) groups is 1. The zero-order valence-electron chi connectivity index (χ0n) is 15.4. The lowest BCUT2D eigenvalue weighted by Gasteiger charge is -2.27. The second kappa shape index (κ2) is 6.91. The lowest BCUT2D eigenvalue weighted by atomic mass is 9.79. The van der Waals surface area contributed by atoms with Gasteiger partial charge in [0, 0.05) is 5.92 Å². The van der Waals surface area contributed by atoms with Crippen LogP contribution in [0.3, 0.4) is 0 Å². The number of fused-ring (bicyclic) bond motifs is 1. The molecule has 4 heterocycles. The minimum absolute atomic E-state index is 0.110. The Hall–Kier alpha value is -2.93. The molecule has 1 aliphatic carbocycles. The van der Waals surface area contributed by atoms with Crippen LogP contribution in [0.1, 0.15) is 52.2 Å². The molecule has 0 saturated heterocycles. The molecule has 0 bridgehead atoms. The van der Waals surface area contributed by atoms with Crippen LogP contribution >= 0.6 is 11.3 Å². The largest absolute Gasteiger partial charge is 0.467 e. The first-order chi connectivity index (χ1) is 13.7. The quantitative estimate of drug-likeness (QED) is 0.622. The Kier molecular flexibility index (Phi) is 4.24. The van der Waals surface area contributed by atoms with E-state index >= 15 is 0 Å². The summed E-state index contributed by atoms with van der Waals surface area (Å²) in [6.45, 7) is 1.85. The molecule has 1 saturated carbocycles. The maximum Gasteiger partial charge on any atom is 0.286 e. The fraction of sp³-hybridized carbons (Fsp3) is 0.286. The van der Waals surface area contributed by atoms with E-state index in [2.05, 4.69) is 4.98 Å². The van der Waals surface area contributed by atoms with Gasteiger partial charge in [-0.25, -0.2) is 9.99 Å². The molecule has 0 N–H and O–H groups in total. The molecule has 3 aromatic heterocycles. The molecule has 2 aliphatic rings. The molecule has 2 atom stereocenters. The summed E-state index contributed by atoms with van der Waals surface area (Å²) in [6.07, 6.45) is 8.27. The van der Waals surface area contributed by atoms with Gasteiger partial charge in [0.05, 0.1) is 29.4 Å². The number of hydrazone groups is 1.